The number of allylic oxidation sites excluding steroid dienone is 1. The van der Waals surface area contributed by atoms with Crippen molar-refractivity contribution < 1.29 is 8.85 Å². The molecule has 0 aliphatic heterocycles. The zero-order valence-electron chi connectivity index (χ0n) is 27.6. The summed E-state index contributed by atoms with van der Waals surface area (Å²) in [4.78, 5) is 0. The van der Waals surface area contributed by atoms with E-state index in [0.29, 0.717) is 34.4 Å². The van der Waals surface area contributed by atoms with Crippen LogP contribution in [-0.2, 0) is 8.85 Å². The fourth-order valence-electron chi connectivity index (χ4n) is 9.09. The van der Waals surface area contributed by atoms with Gasteiger partial charge in [-0.3, -0.25) is 0 Å². The molecule has 220 valence electrons. The topological polar surface area (TPSA) is 18.5 Å². The van der Waals surface area contributed by atoms with Crippen molar-refractivity contribution in [2.45, 2.75) is 169 Å². The van der Waals surface area contributed by atoms with Crippen LogP contribution in [0.5, 0.6) is 0 Å². The molecule has 2 saturated carbocycles. The predicted octanol–water partition coefficient (Wildman–Crippen LogP) is 11.1. The molecule has 0 aromatic carbocycles. The molecule has 2 bridgehead atoms. The van der Waals surface area contributed by atoms with E-state index in [1.807, 2.05) is 0 Å². The summed E-state index contributed by atoms with van der Waals surface area (Å²) in [7, 11) is -3.52. The Kier molecular flexibility index (Phi) is 10.2. The molecule has 0 spiro atoms. The van der Waals surface area contributed by atoms with Crippen LogP contribution >= 0.6 is 0 Å². The first-order valence-corrected chi connectivity index (χ1v) is 21.2. The zero-order chi connectivity index (χ0) is 28.7. The maximum Gasteiger partial charge on any atom is 0.195 e. The molecule has 0 saturated heterocycles. The van der Waals surface area contributed by atoms with Gasteiger partial charge in [-0.2, -0.15) is 0 Å². The smallest absolute Gasteiger partial charge is 0.195 e. The van der Waals surface area contributed by atoms with Gasteiger partial charge in [0.1, 0.15) is 0 Å². The van der Waals surface area contributed by atoms with Gasteiger partial charge in [-0.1, -0.05) is 88.3 Å². The van der Waals surface area contributed by atoms with Gasteiger partial charge in [-0.15, -0.1) is 0 Å². The third-order valence-electron chi connectivity index (χ3n) is 12.7. The van der Waals surface area contributed by atoms with Crippen molar-refractivity contribution >= 4 is 16.6 Å². The van der Waals surface area contributed by atoms with E-state index in [9.17, 15) is 0 Å². The average Bonchev–Trinajstić information content (AvgIpc) is 2.86. The Morgan fingerprint density at radius 2 is 1.32 bits per heavy atom. The van der Waals surface area contributed by atoms with Gasteiger partial charge >= 0.3 is 0 Å². The third-order valence-corrected chi connectivity index (χ3v) is 23.2. The summed E-state index contributed by atoms with van der Waals surface area (Å²) in [6, 6.07) is 4.87. The minimum absolute atomic E-state index is 0.239. The lowest BCUT2D eigenvalue weighted by molar-refractivity contribution is 0.0180. The van der Waals surface area contributed by atoms with Gasteiger partial charge in [-0.25, -0.2) is 0 Å². The molecule has 0 amide bonds. The largest absolute Gasteiger partial charge is 0.410 e. The fourth-order valence-corrected chi connectivity index (χ4v) is 16.2. The van der Waals surface area contributed by atoms with Gasteiger partial charge in [0.15, 0.2) is 16.6 Å². The van der Waals surface area contributed by atoms with Crippen LogP contribution < -0.4 is 0 Å². The normalized spacial score (nSPS) is 32.4. The van der Waals surface area contributed by atoms with Crippen molar-refractivity contribution in [1.29, 1.82) is 0 Å². The van der Waals surface area contributed by atoms with E-state index in [1.54, 1.807) is 11.1 Å². The summed E-state index contributed by atoms with van der Waals surface area (Å²) >= 11 is 0. The van der Waals surface area contributed by atoms with Crippen LogP contribution in [-0.4, -0.2) is 28.8 Å². The van der Waals surface area contributed by atoms with Crippen LogP contribution in [0.2, 0.25) is 35.3 Å². The Morgan fingerprint density at radius 1 is 0.816 bits per heavy atom. The highest BCUT2D eigenvalue weighted by Crippen LogP contribution is 2.59. The van der Waals surface area contributed by atoms with Crippen molar-refractivity contribution in [2.75, 3.05) is 0 Å². The monoisotopic (exact) mass is 560 g/mol. The van der Waals surface area contributed by atoms with Gasteiger partial charge in [0.2, 0.25) is 0 Å². The van der Waals surface area contributed by atoms with Crippen LogP contribution in [0.3, 0.4) is 0 Å². The number of fused-ring (bicyclic) bond motifs is 3. The first-order valence-electron chi connectivity index (χ1n) is 16.4. The van der Waals surface area contributed by atoms with E-state index in [-0.39, 0.29) is 11.5 Å². The first-order chi connectivity index (χ1) is 17.7. The minimum Gasteiger partial charge on any atom is -0.410 e. The highest BCUT2D eigenvalue weighted by atomic mass is 28.4. The Balaban J connectivity index is 1.95. The Morgan fingerprint density at radius 3 is 1.79 bits per heavy atom. The molecule has 0 unspecified atom stereocenters. The SMILES string of the molecule is C=C1[C@@H](O[Si](CC)(CC)C(C)C)CC[C@@]2(C)CCC3=C(C)[C@@H](O[Si](CC)(CC)C(C)C)C[C@@H](C[C@H]12)C3(C)C. The summed E-state index contributed by atoms with van der Waals surface area (Å²) in [6.45, 7) is 34.1. The van der Waals surface area contributed by atoms with Crippen LogP contribution in [0.1, 0.15) is 122 Å². The number of hydrogen-bond acceptors (Lipinski definition) is 2. The molecule has 0 N–H and O–H groups in total. The summed E-state index contributed by atoms with van der Waals surface area (Å²) in [5.74, 6) is 1.20. The van der Waals surface area contributed by atoms with Crippen LogP contribution in [0.25, 0.3) is 0 Å². The van der Waals surface area contributed by atoms with Crippen molar-refractivity contribution in [3.63, 3.8) is 0 Å². The van der Waals surface area contributed by atoms with Gasteiger partial charge in [0.25, 0.3) is 0 Å². The lowest BCUT2D eigenvalue weighted by atomic mass is 9.52. The third kappa shape index (κ3) is 5.64. The van der Waals surface area contributed by atoms with Crippen molar-refractivity contribution in [2.24, 2.45) is 22.7 Å². The second-order valence-corrected chi connectivity index (χ2v) is 24.8. The van der Waals surface area contributed by atoms with Crippen molar-refractivity contribution in [1.82, 2.24) is 0 Å². The molecule has 38 heavy (non-hydrogen) atoms. The van der Waals surface area contributed by atoms with Gasteiger partial charge < -0.3 is 8.85 Å². The van der Waals surface area contributed by atoms with E-state index in [0.717, 1.165) is 0 Å². The molecule has 0 radical (unpaired) electrons. The summed E-state index contributed by atoms with van der Waals surface area (Å²) in [6.07, 6.45) is 7.97. The minimum atomic E-state index is -1.76. The summed E-state index contributed by atoms with van der Waals surface area (Å²) in [5, 5.41) is 0. The molecular weight excluding hydrogens is 497 g/mol. The second-order valence-electron chi connectivity index (χ2n) is 14.9. The molecule has 2 nitrogen and oxygen atoms in total. The fraction of sp³-hybridized carbons (Fsp3) is 0.882. The molecule has 4 heteroatoms. The maximum absolute atomic E-state index is 7.35. The standard InChI is InChI=1S/C34H64O2Si2/c1-14-37(15-2,24(5)6)35-31-19-21-34(13)20-18-29-26(9)32(36-38(16-3,17-4)25(7)8)23-28(33(29,11)12)22-30(34)27(31)10/h24-25,28,30-32H,10,14-23H2,1-9,11-13H3/t28-,30-,31+,32+,34-/m1/s1. The van der Waals surface area contributed by atoms with E-state index >= 15 is 0 Å². The molecule has 3 aliphatic rings. The highest BCUT2D eigenvalue weighted by molar-refractivity contribution is 6.75. The maximum atomic E-state index is 7.35. The van der Waals surface area contributed by atoms with E-state index < -0.39 is 16.6 Å². The second kappa shape index (κ2) is 12.0. The molecule has 0 heterocycles. The molecule has 0 aromatic heterocycles. The molecule has 3 rings (SSSR count). The molecule has 3 aliphatic carbocycles. The van der Waals surface area contributed by atoms with E-state index in [2.05, 4.69) is 83.1 Å². The molecule has 5 atom stereocenters. The Labute approximate surface area is 240 Å². The molecule has 0 aromatic rings. The zero-order valence-corrected chi connectivity index (χ0v) is 29.6. The summed E-state index contributed by atoms with van der Waals surface area (Å²) < 4.78 is 14.6. The van der Waals surface area contributed by atoms with E-state index in [1.165, 1.54) is 68.3 Å². The Bertz CT molecular complexity index is 864. The summed E-state index contributed by atoms with van der Waals surface area (Å²) in [5.41, 5.74) is 6.65. The van der Waals surface area contributed by atoms with Gasteiger partial charge in [-0.05, 0) is 115 Å². The lowest BCUT2D eigenvalue weighted by Crippen LogP contribution is -2.51. The Hall–Kier alpha value is -0.166. The molecular formula is C34H64O2Si2. The van der Waals surface area contributed by atoms with Crippen LogP contribution in [0.4, 0.5) is 0 Å². The van der Waals surface area contributed by atoms with E-state index in [4.69, 9.17) is 15.4 Å². The quantitative estimate of drug-likeness (QED) is 0.195. The van der Waals surface area contributed by atoms with Gasteiger partial charge in [0.05, 0.1) is 12.2 Å². The molecule has 2 fully saturated rings. The highest BCUT2D eigenvalue weighted by Gasteiger charge is 2.52. The lowest BCUT2D eigenvalue weighted by Gasteiger charge is -2.56. The first kappa shape index (κ1) is 32.3. The predicted molar refractivity (Wildman–Crippen MR) is 172 cm³/mol. The van der Waals surface area contributed by atoms with Crippen LogP contribution in [0, 0.1) is 22.7 Å². The van der Waals surface area contributed by atoms with Gasteiger partial charge in [0, 0.05) is 0 Å². The van der Waals surface area contributed by atoms with Crippen molar-refractivity contribution in [3.05, 3.63) is 23.3 Å². The van der Waals surface area contributed by atoms with Crippen LogP contribution in [0.15, 0.2) is 23.3 Å². The number of hydrogen-bond donors (Lipinski definition) is 0. The number of rotatable bonds is 10. The van der Waals surface area contributed by atoms with Crippen molar-refractivity contribution in [3.8, 4) is 0 Å². The average molecular weight is 561 g/mol.